The van der Waals surface area contributed by atoms with Gasteiger partial charge in [-0.15, -0.1) is 0 Å². The molecule has 33 heavy (non-hydrogen) atoms. The van der Waals surface area contributed by atoms with Crippen molar-refractivity contribution >= 4 is 33.2 Å². The fourth-order valence-electron chi connectivity index (χ4n) is 3.42. The molecule has 0 bridgehead atoms. The minimum atomic E-state index is -4.02. The molecule has 0 aromatic heterocycles. The first kappa shape index (κ1) is 24.6. The van der Waals surface area contributed by atoms with Gasteiger partial charge in [-0.1, -0.05) is 53.6 Å². The van der Waals surface area contributed by atoms with Crippen molar-refractivity contribution in [3.63, 3.8) is 0 Å². The van der Waals surface area contributed by atoms with Crippen molar-refractivity contribution in [3.8, 4) is 5.75 Å². The van der Waals surface area contributed by atoms with Gasteiger partial charge in [0.25, 0.3) is 10.0 Å². The standard InChI is InChI=1S/C25H27ClN2O4S/c1-18-12-14-21(15-13-18)33(30,31)28(23-10-7-9-22(26)19(23)2)17-25(29)27(3)16-20-8-5-6-11-24(20)32-4/h5-15H,16-17H2,1-4H3. The maximum atomic E-state index is 13.6. The summed E-state index contributed by atoms with van der Waals surface area (Å²) in [5.74, 6) is 0.294. The van der Waals surface area contributed by atoms with E-state index in [0.29, 0.717) is 22.0 Å². The summed E-state index contributed by atoms with van der Waals surface area (Å²) in [4.78, 5) is 14.8. The lowest BCUT2D eigenvalue weighted by molar-refractivity contribution is -0.128. The maximum absolute atomic E-state index is 13.6. The summed E-state index contributed by atoms with van der Waals surface area (Å²) in [5, 5.41) is 0.423. The molecule has 0 aliphatic carbocycles. The number of rotatable bonds is 8. The van der Waals surface area contributed by atoms with Gasteiger partial charge in [0.1, 0.15) is 12.3 Å². The van der Waals surface area contributed by atoms with Crippen LogP contribution in [-0.2, 0) is 21.4 Å². The Kier molecular flexibility index (Phi) is 7.66. The summed E-state index contributed by atoms with van der Waals surface area (Å²) >= 11 is 6.28. The highest BCUT2D eigenvalue weighted by Crippen LogP contribution is 2.31. The van der Waals surface area contributed by atoms with E-state index in [4.69, 9.17) is 16.3 Å². The number of amides is 1. The van der Waals surface area contributed by atoms with Crippen molar-refractivity contribution in [1.82, 2.24) is 4.90 Å². The first-order chi connectivity index (χ1) is 15.6. The van der Waals surface area contributed by atoms with Gasteiger partial charge in [-0.2, -0.15) is 0 Å². The number of nitrogens with zero attached hydrogens (tertiary/aromatic N) is 2. The molecule has 0 spiro atoms. The summed E-state index contributed by atoms with van der Waals surface area (Å²) in [5.41, 5.74) is 2.70. The first-order valence-corrected chi connectivity index (χ1v) is 12.2. The van der Waals surface area contributed by atoms with Crippen molar-refractivity contribution in [1.29, 1.82) is 0 Å². The third-order valence-corrected chi connectivity index (χ3v) is 7.60. The lowest BCUT2D eigenvalue weighted by Crippen LogP contribution is -2.41. The largest absolute Gasteiger partial charge is 0.496 e. The second-order valence-electron chi connectivity index (χ2n) is 7.77. The van der Waals surface area contributed by atoms with Crippen LogP contribution >= 0.6 is 11.6 Å². The topological polar surface area (TPSA) is 66.9 Å². The van der Waals surface area contributed by atoms with Gasteiger partial charge in [0, 0.05) is 24.2 Å². The highest BCUT2D eigenvalue weighted by Gasteiger charge is 2.30. The van der Waals surface area contributed by atoms with E-state index < -0.39 is 10.0 Å². The van der Waals surface area contributed by atoms with Gasteiger partial charge < -0.3 is 9.64 Å². The lowest BCUT2D eigenvalue weighted by atomic mass is 10.2. The quantitative estimate of drug-likeness (QED) is 0.458. The minimum Gasteiger partial charge on any atom is -0.496 e. The van der Waals surface area contributed by atoms with Crippen molar-refractivity contribution in [2.75, 3.05) is 25.0 Å². The Morgan fingerprint density at radius 3 is 2.30 bits per heavy atom. The van der Waals surface area contributed by atoms with Crippen LogP contribution in [0.25, 0.3) is 0 Å². The van der Waals surface area contributed by atoms with E-state index in [0.717, 1.165) is 15.4 Å². The zero-order valence-corrected chi connectivity index (χ0v) is 20.7. The number of hydrogen-bond donors (Lipinski definition) is 0. The number of anilines is 1. The van der Waals surface area contributed by atoms with Crippen LogP contribution in [0.1, 0.15) is 16.7 Å². The summed E-state index contributed by atoms with van der Waals surface area (Å²) < 4.78 is 33.7. The highest BCUT2D eigenvalue weighted by atomic mass is 35.5. The molecule has 0 heterocycles. The molecule has 0 N–H and O–H groups in total. The van der Waals surface area contributed by atoms with E-state index in [2.05, 4.69) is 0 Å². The Balaban J connectivity index is 1.97. The second kappa shape index (κ2) is 10.3. The molecule has 0 fully saturated rings. The minimum absolute atomic E-state index is 0.104. The van der Waals surface area contributed by atoms with E-state index in [-0.39, 0.29) is 23.9 Å². The molecule has 0 saturated heterocycles. The number of halogens is 1. The van der Waals surface area contributed by atoms with E-state index in [1.54, 1.807) is 63.5 Å². The summed E-state index contributed by atoms with van der Waals surface area (Å²) in [6, 6.07) is 18.9. The van der Waals surface area contributed by atoms with Crippen molar-refractivity contribution in [2.24, 2.45) is 0 Å². The molecule has 0 radical (unpaired) electrons. The number of aryl methyl sites for hydroxylation is 1. The summed E-state index contributed by atoms with van der Waals surface area (Å²) in [6.45, 7) is 3.52. The van der Waals surface area contributed by atoms with Gasteiger partial charge in [0.15, 0.2) is 0 Å². The summed E-state index contributed by atoms with van der Waals surface area (Å²) in [7, 11) is -0.819. The van der Waals surface area contributed by atoms with Crippen LogP contribution in [0.4, 0.5) is 5.69 Å². The second-order valence-corrected chi connectivity index (χ2v) is 10.0. The normalized spacial score (nSPS) is 11.2. The average Bonchev–Trinajstić information content (AvgIpc) is 2.80. The van der Waals surface area contributed by atoms with Crippen LogP contribution < -0.4 is 9.04 Å². The molecule has 3 aromatic rings. The molecule has 0 aliphatic rings. The third kappa shape index (κ3) is 5.49. The molecule has 6 nitrogen and oxygen atoms in total. The van der Waals surface area contributed by atoms with Crippen molar-refractivity contribution in [2.45, 2.75) is 25.3 Å². The molecular formula is C25H27ClN2O4S. The Bertz CT molecular complexity index is 1240. The number of carbonyl (C=O) groups excluding carboxylic acids is 1. The van der Waals surface area contributed by atoms with Crippen LogP contribution in [-0.4, -0.2) is 39.9 Å². The Morgan fingerprint density at radius 2 is 1.64 bits per heavy atom. The van der Waals surface area contributed by atoms with Gasteiger partial charge in [-0.25, -0.2) is 8.42 Å². The molecular weight excluding hydrogens is 460 g/mol. The molecule has 174 valence electrons. The molecule has 1 amide bonds. The van der Waals surface area contributed by atoms with Crippen LogP contribution in [0.2, 0.25) is 5.02 Å². The zero-order chi connectivity index (χ0) is 24.2. The zero-order valence-electron chi connectivity index (χ0n) is 19.1. The number of sulfonamides is 1. The fourth-order valence-corrected chi connectivity index (χ4v) is 5.07. The molecule has 0 unspecified atom stereocenters. The van der Waals surface area contributed by atoms with Crippen LogP contribution in [0, 0.1) is 13.8 Å². The van der Waals surface area contributed by atoms with Crippen LogP contribution in [0.15, 0.2) is 71.6 Å². The van der Waals surface area contributed by atoms with Gasteiger partial charge >= 0.3 is 0 Å². The van der Waals surface area contributed by atoms with Crippen molar-refractivity contribution in [3.05, 3.63) is 88.4 Å². The smallest absolute Gasteiger partial charge is 0.264 e. The number of likely N-dealkylation sites (N-methyl/N-ethyl adjacent to an activating group) is 1. The van der Waals surface area contributed by atoms with Gasteiger partial charge in [-0.3, -0.25) is 9.10 Å². The molecule has 0 aliphatic heterocycles. The third-order valence-electron chi connectivity index (χ3n) is 5.42. The fraction of sp³-hybridized carbons (Fsp3) is 0.240. The highest BCUT2D eigenvalue weighted by molar-refractivity contribution is 7.92. The van der Waals surface area contributed by atoms with E-state index in [1.165, 1.54) is 4.90 Å². The van der Waals surface area contributed by atoms with Crippen LogP contribution in [0.5, 0.6) is 5.75 Å². The monoisotopic (exact) mass is 486 g/mol. The maximum Gasteiger partial charge on any atom is 0.264 e. The first-order valence-electron chi connectivity index (χ1n) is 10.4. The van der Waals surface area contributed by atoms with E-state index in [9.17, 15) is 13.2 Å². The SMILES string of the molecule is COc1ccccc1CN(C)C(=O)CN(c1cccc(Cl)c1C)S(=O)(=O)c1ccc(C)cc1. The van der Waals surface area contributed by atoms with Crippen molar-refractivity contribution < 1.29 is 17.9 Å². The van der Waals surface area contributed by atoms with Gasteiger partial charge in [-0.05, 0) is 49.7 Å². The molecule has 0 atom stereocenters. The molecule has 3 rings (SSSR count). The predicted molar refractivity (Wildman–Crippen MR) is 131 cm³/mol. The average molecular weight is 487 g/mol. The molecule has 8 heteroatoms. The van der Waals surface area contributed by atoms with Crippen LogP contribution in [0.3, 0.4) is 0 Å². The Hall–Kier alpha value is -3.03. The van der Waals surface area contributed by atoms with E-state index >= 15 is 0 Å². The van der Waals surface area contributed by atoms with E-state index in [1.807, 2.05) is 31.2 Å². The number of methoxy groups -OCH3 is 1. The predicted octanol–water partition coefficient (Wildman–Crippen LogP) is 4.82. The number of ether oxygens (including phenoxy) is 1. The van der Waals surface area contributed by atoms with Gasteiger partial charge in [0.05, 0.1) is 17.7 Å². The summed E-state index contributed by atoms with van der Waals surface area (Å²) in [6.07, 6.45) is 0. The number of carbonyl (C=O) groups is 1. The van der Waals surface area contributed by atoms with Gasteiger partial charge in [0.2, 0.25) is 5.91 Å². The molecule has 0 saturated carbocycles. The lowest BCUT2D eigenvalue weighted by Gasteiger charge is -2.28. The number of para-hydroxylation sites is 1. The number of hydrogen-bond acceptors (Lipinski definition) is 4. The molecule has 3 aromatic carbocycles. The number of benzene rings is 3. The Labute approximate surface area is 200 Å². The Morgan fingerprint density at radius 1 is 0.970 bits per heavy atom.